The summed E-state index contributed by atoms with van der Waals surface area (Å²) in [5, 5.41) is 17.4. The van der Waals surface area contributed by atoms with Crippen LogP contribution in [0.4, 0.5) is 4.79 Å². The van der Waals surface area contributed by atoms with Crippen LogP contribution in [-0.4, -0.2) is 52.1 Å². The zero-order valence-corrected chi connectivity index (χ0v) is 11.4. The van der Waals surface area contributed by atoms with Gasteiger partial charge in [0.25, 0.3) is 0 Å². The molecule has 0 aliphatic rings. The molecule has 6 heteroatoms. The Morgan fingerprint density at radius 3 is 2.00 bits per heavy atom. The molecule has 0 aromatic heterocycles. The van der Waals surface area contributed by atoms with Crippen molar-refractivity contribution in [2.24, 2.45) is 0 Å². The molecule has 6 nitrogen and oxygen atoms in total. The molecule has 0 aliphatic heterocycles. The summed E-state index contributed by atoms with van der Waals surface area (Å²) in [4.78, 5) is 25.8. The van der Waals surface area contributed by atoms with Gasteiger partial charge in [0, 0.05) is 18.6 Å². The van der Waals surface area contributed by atoms with Gasteiger partial charge < -0.3 is 14.9 Å². The lowest BCUT2D eigenvalue weighted by atomic mass is 10.2. The predicted molar refractivity (Wildman–Crippen MR) is 66.9 cm³/mol. The Morgan fingerprint density at radius 1 is 1.17 bits per heavy atom. The van der Waals surface area contributed by atoms with Crippen molar-refractivity contribution in [1.82, 2.24) is 9.80 Å². The smallest absolute Gasteiger partial charge is 0.323 e. The van der Waals surface area contributed by atoms with Gasteiger partial charge in [-0.2, -0.15) is 5.26 Å². The van der Waals surface area contributed by atoms with E-state index in [9.17, 15) is 9.59 Å². The minimum Gasteiger partial charge on any atom is -0.480 e. The number of carbonyl (C=O) groups is 2. The highest BCUT2D eigenvalue weighted by Gasteiger charge is 2.26. The van der Waals surface area contributed by atoms with Crippen LogP contribution in [0.15, 0.2) is 0 Å². The minimum atomic E-state index is -1.04. The lowest BCUT2D eigenvalue weighted by Crippen LogP contribution is -2.51. The van der Waals surface area contributed by atoms with Gasteiger partial charge in [0.1, 0.15) is 6.54 Å². The first-order valence-corrected chi connectivity index (χ1v) is 5.97. The lowest BCUT2D eigenvalue weighted by Gasteiger charge is -2.34. The van der Waals surface area contributed by atoms with Crippen molar-refractivity contribution in [1.29, 1.82) is 5.26 Å². The van der Waals surface area contributed by atoms with Crippen LogP contribution in [0.25, 0.3) is 0 Å². The monoisotopic (exact) mass is 255 g/mol. The maximum atomic E-state index is 12.2. The summed E-state index contributed by atoms with van der Waals surface area (Å²) in [5.41, 5.74) is 0. The summed E-state index contributed by atoms with van der Waals surface area (Å²) in [5.74, 6) is -1.04. The van der Waals surface area contributed by atoms with Gasteiger partial charge in [0.15, 0.2) is 0 Å². The fourth-order valence-electron chi connectivity index (χ4n) is 1.53. The van der Waals surface area contributed by atoms with Crippen molar-refractivity contribution in [3.63, 3.8) is 0 Å². The SMILES string of the molecule is CC(C)N(CCC#N)C(=O)N(CC(=O)O)C(C)C. The van der Waals surface area contributed by atoms with Crippen LogP contribution in [-0.2, 0) is 4.79 Å². The Hall–Kier alpha value is -1.77. The molecule has 0 atom stereocenters. The molecule has 0 aromatic carbocycles. The molecule has 0 saturated heterocycles. The maximum absolute atomic E-state index is 12.2. The summed E-state index contributed by atoms with van der Waals surface area (Å²) < 4.78 is 0. The normalized spacial score (nSPS) is 10.3. The molecule has 0 aliphatic carbocycles. The summed E-state index contributed by atoms with van der Waals surface area (Å²) in [7, 11) is 0. The Bertz CT molecular complexity index is 334. The number of nitriles is 1. The summed E-state index contributed by atoms with van der Waals surface area (Å²) >= 11 is 0. The van der Waals surface area contributed by atoms with E-state index in [1.807, 2.05) is 19.9 Å². The largest absolute Gasteiger partial charge is 0.480 e. The number of amides is 2. The number of aliphatic carboxylic acids is 1. The summed E-state index contributed by atoms with van der Waals surface area (Å²) in [6.45, 7) is 7.21. The van der Waals surface area contributed by atoms with E-state index in [-0.39, 0.29) is 31.1 Å². The average molecular weight is 255 g/mol. The Morgan fingerprint density at radius 2 is 1.67 bits per heavy atom. The van der Waals surface area contributed by atoms with E-state index in [4.69, 9.17) is 10.4 Å². The van der Waals surface area contributed by atoms with Gasteiger partial charge in [-0.3, -0.25) is 4.79 Å². The highest BCUT2D eigenvalue weighted by atomic mass is 16.4. The first-order valence-electron chi connectivity index (χ1n) is 5.97. The molecule has 18 heavy (non-hydrogen) atoms. The molecular weight excluding hydrogens is 234 g/mol. The zero-order valence-electron chi connectivity index (χ0n) is 11.4. The molecule has 0 heterocycles. The van der Waals surface area contributed by atoms with E-state index >= 15 is 0 Å². The fraction of sp³-hybridized carbons (Fsp3) is 0.750. The highest BCUT2D eigenvalue weighted by Crippen LogP contribution is 2.09. The van der Waals surface area contributed by atoms with E-state index in [2.05, 4.69) is 0 Å². The lowest BCUT2D eigenvalue weighted by molar-refractivity contribution is -0.138. The third-order valence-electron chi connectivity index (χ3n) is 2.51. The quantitative estimate of drug-likeness (QED) is 0.780. The number of rotatable bonds is 6. The second-order valence-corrected chi connectivity index (χ2v) is 4.59. The topological polar surface area (TPSA) is 84.6 Å². The van der Waals surface area contributed by atoms with E-state index in [0.717, 1.165) is 0 Å². The summed E-state index contributed by atoms with van der Waals surface area (Å²) in [6.07, 6.45) is 0.239. The highest BCUT2D eigenvalue weighted by molar-refractivity contribution is 5.80. The second kappa shape index (κ2) is 7.54. The molecule has 0 saturated carbocycles. The first kappa shape index (κ1) is 16.2. The number of carboxylic acids is 1. The van der Waals surface area contributed by atoms with Crippen molar-refractivity contribution >= 4 is 12.0 Å². The molecule has 0 rings (SSSR count). The molecule has 0 fully saturated rings. The number of hydrogen-bond donors (Lipinski definition) is 1. The van der Waals surface area contributed by atoms with E-state index in [0.29, 0.717) is 6.54 Å². The molecule has 0 spiro atoms. The summed E-state index contributed by atoms with van der Waals surface area (Å²) in [6, 6.07) is 1.39. The number of urea groups is 1. The molecule has 2 amide bonds. The number of hydrogen-bond acceptors (Lipinski definition) is 3. The number of nitrogens with zero attached hydrogens (tertiary/aromatic N) is 3. The minimum absolute atomic E-state index is 0.0686. The third-order valence-corrected chi connectivity index (χ3v) is 2.51. The van der Waals surface area contributed by atoms with Crippen LogP contribution in [0.2, 0.25) is 0 Å². The van der Waals surface area contributed by atoms with Crippen LogP contribution in [0.3, 0.4) is 0 Å². The van der Waals surface area contributed by atoms with Crippen LogP contribution in [0, 0.1) is 11.3 Å². The van der Waals surface area contributed by atoms with E-state index in [1.165, 1.54) is 9.80 Å². The maximum Gasteiger partial charge on any atom is 0.323 e. The van der Waals surface area contributed by atoms with Crippen molar-refractivity contribution in [2.75, 3.05) is 13.1 Å². The first-order chi connectivity index (χ1) is 8.31. The Balaban J connectivity index is 4.89. The molecule has 102 valence electrons. The number of carboxylic acid groups (broad SMARTS) is 1. The predicted octanol–water partition coefficient (Wildman–Crippen LogP) is 1.53. The van der Waals surface area contributed by atoms with Gasteiger partial charge in [-0.05, 0) is 27.7 Å². The van der Waals surface area contributed by atoms with Gasteiger partial charge in [-0.15, -0.1) is 0 Å². The average Bonchev–Trinajstić information content (AvgIpc) is 2.25. The molecular formula is C12H21N3O3. The van der Waals surface area contributed by atoms with E-state index < -0.39 is 5.97 Å². The van der Waals surface area contributed by atoms with Crippen LogP contribution < -0.4 is 0 Å². The van der Waals surface area contributed by atoms with Crippen LogP contribution in [0.5, 0.6) is 0 Å². The van der Waals surface area contributed by atoms with Crippen molar-refractivity contribution < 1.29 is 14.7 Å². The molecule has 0 aromatic rings. The zero-order chi connectivity index (χ0) is 14.3. The Kier molecular flexibility index (Phi) is 6.79. The Labute approximate surface area is 108 Å². The van der Waals surface area contributed by atoms with Gasteiger partial charge >= 0.3 is 12.0 Å². The number of carbonyl (C=O) groups excluding carboxylic acids is 1. The van der Waals surface area contributed by atoms with Gasteiger partial charge in [0.2, 0.25) is 0 Å². The molecule has 1 N–H and O–H groups in total. The molecule has 0 bridgehead atoms. The fourth-order valence-corrected chi connectivity index (χ4v) is 1.53. The van der Waals surface area contributed by atoms with Gasteiger partial charge in [-0.1, -0.05) is 0 Å². The van der Waals surface area contributed by atoms with Crippen molar-refractivity contribution in [3.05, 3.63) is 0 Å². The van der Waals surface area contributed by atoms with Crippen molar-refractivity contribution in [2.45, 2.75) is 46.2 Å². The molecule has 0 unspecified atom stereocenters. The molecule has 0 radical (unpaired) electrons. The second-order valence-electron chi connectivity index (χ2n) is 4.59. The van der Waals surface area contributed by atoms with Gasteiger partial charge in [0.05, 0.1) is 12.5 Å². The standard InChI is InChI=1S/C12H21N3O3/c1-9(2)14(7-5-6-13)12(18)15(10(3)4)8-11(16)17/h9-10H,5,7-8H2,1-4H3,(H,16,17). The van der Waals surface area contributed by atoms with Crippen molar-refractivity contribution in [3.8, 4) is 6.07 Å². The van der Waals surface area contributed by atoms with Crippen LogP contribution >= 0.6 is 0 Å². The third kappa shape index (κ3) is 5.04. The van der Waals surface area contributed by atoms with Gasteiger partial charge in [-0.25, -0.2) is 4.79 Å². The van der Waals surface area contributed by atoms with E-state index in [1.54, 1.807) is 13.8 Å². The van der Waals surface area contributed by atoms with Crippen LogP contribution in [0.1, 0.15) is 34.1 Å².